The van der Waals surface area contributed by atoms with Gasteiger partial charge in [0.25, 0.3) is 5.91 Å². The maximum atomic E-state index is 12.7. The summed E-state index contributed by atoms with van der Waals surface area (Å²) in [5, 5.41) is 6.35. The molecular formula is C16H26ClN5O2. The van der Waals surface area contributed by atoms with Crippen LogP contribution in [0.15, 0.2) is 6.07 Å². The number of carbonyl (C=O) groups is 1. The molecule has 2 rings (SSSR count). The Morgan fingerprint density at radius 1 is 1.46 bits per heavy atom. The number of aromatic nitrogens is 1. The van der Waals surface area contributed by atoms with E-state index in [0.29, 0.717) is 16.4 Å². The molecular weight excluding hydrogens is 330 g/mol. The zero-order chi connectivity index (χ0) is 17.7. The molecule has 2 heterocycles. The molecule has 1 aliphatic heterocycles. The third kappa shape index (κ3) is 4.49. The van der Waals surface area contributed by atoms with Crippen LogP contribution in [0.5, 0.6) is 5.88 Å². The summed E-state index contributed by atoms with van der Waals surface area (Å²) in [5.74, 6) is 0.521. The molecule has 1 unspecified atom stereocenters. The van der Waals surface area contributed by atoms with Crippen molar-refractivity contribution < 1.29 is 9.53 Å². The maximum Gasteiger partial charge on any atom is 0.257 e. The number of pyridine rings is 1. The maximum absolute atomic E-state index is 12.7. The molecule has 134 valence electrons. The molecule has 0 aromatic carbocycles. The van der Waals surface area contributed by atoms with Crippen molar-refractivity contribution in [3.63, 3.8) is 0 Å². The number of methoxy groups -OCH3 is 1. The largest absolute Gasteiger partial charge is 0.480 e. The molecule has 24 heavy (non-hydrogen) atoms. The predicted octanol–water partition coefficient (Wildman–Crippen LogP) is 1.15. The second kappa shape index (κ2) is 8.50. The van der Waals surface area contributed by atoms with E-state index in [9.17, 15) is 4.79 Å². The smallest absolute Gasteiger partial charge is 0.257 e. The van der Waals surface area contributed by atoms with Gasteiger partial charge in [-0.25, -0.2) is 0 Å². The fourth-order valence-electron chi connectivity index (χ4n) is 2.85. The van der Waals surface area contributed by atoms with Gasteiger partial charge in [-0.05, 0) is 19.7 Å². The number of rotatable bonds is 5. The van der Waals surface area contributed by atoms with E-state index < -0.39 is 0 Å². The first-order valence-corrected chi connectivity index (χ1v) is 8.50. The van der Waals surface area contributed by atoms with Crippen molar-refractivity contribution in [2.75, 3.05) is 59.2 Å². The number of carbonyl (C=O) groups excluding carboxylic acids is 1. The van der Waals surface area contributed by atoms with Crippen molar-refractivity contribution >= 4 is 23.3 Å². The zero-order valence-corrected chi connectivity index (χ0v) is 15.5. The normalized spacial score (nSPS) is 19.6. The summed E-state index contributed by atoms with van der Waals surface area (Å²) in [5.41, 5.74) is 0.344. The van der Waals surface area contributed by atoms with Gasteiger partial charge in [0, 0.05) is 33.2 Å². The standard InChI is InChI=1S/C16H26ClN5O2/c1-5-22-7-6-21(3)9-11(10-22)19-15(23)12-8-13(17)14(18-2)20-16(12)24-4/h8,11H,5-7,9-10H2,1-4H3,(H,18,20)(H,19,23). The van der Waals surface area contributed by atoms with E-state index in [-0.39, 0.29) is 17.8 Å². The molecule has 1 aromatic rings. The summed E-state index contributed by atoms with van der Waals surface area (Å²) < 4.78 is 5.25. The number of likely N-dealkylation sites (N-methyl/N-ethyl adjacent to an activating group) is 2. The van der Waals surface area contributed by atoms with E-state index in [0.717, 1.165) is 32.7 Å². The number of halogens is 1. The number of hydrogen-bond acceptors (Lipinski definition) is 6. The number of amides is 1. The van der Waals surface area contributed by atoms with E-state index in [1.165, 1.54) is 7.11 Å². The molecule has 0 spiro atoms. The van der Waals surface area contributed by atoms with E-state index >= 15 is 0 Å². The lowest BCUT2D eigenvalue weighted by atomic mass is 10.2. The number of nitrogens with zero attached hydrogens (tertiary/aromatic N) is 3. The van der Waals surface area contributed by atoms with Crippen molar-refractivity contribution in [2.24, 2.45) is 0 Å². The zero-order valence-electron chi connectivity index (χ0n) is 14.7. The second-order valence-corrected chi connectivity index (χ2v) is 6.36. The Kier molecular flexibility index (Phi) is 6.65. The third-order valence-electron chi connectivity index (χ3n) is 4.21. The van der Waals surface area contributed by atoms with E-state index in [2.05, 4.69) is 39.4 Å². The first kappa shape index (κ1) is 18.8. The van der Waals surface area contributed by atoms with E-state index in [1.54, 1.807) is 13.1 Å². The molecule has 8 heteroatoms. The minimum Gasteiger partial charge on any atom is -0.480 e. The highest BCUT2D eigenvalue weighted by Gasteiger charge is 2.24. The molecule has 0 saturated carbocycles. The molecule has 1 amide bonds. The Balaban J connectivity index is 2.17. The lowest BCUT2D eigenvalue weighted by Gasteiger charge is -2.24. The first-order chi connectivity index (χ1) is 11.5. The molecule has 1 saturated heterocycles. The van der Waals surface area contributed by atoms with Crippen LogP contribution in [0.2, 0.25) is 5.02 Å². The lowest BCUT2D eigenvalue weighted by Crippen LogP contribution is -2.46. The van der Waals surface area contributed by atoms with Crippen LogP contribution in [0.25, 0.3) is 0 Å². The SMILES string of the molecule is CCN1CCN(C)CC(NC(=O)c2cc(Cl)c(NC)nc2OC)C1. The number of hydrogen-bond donors (Lipinski definition) is 2. The van der Waals surface area contributed by atoms with Crippen LogP contribution < -0.4 is 15.4 Å². The van der Waals surface area contributed by atoms with Gasteiger partial charge in [-0.1, -0.05) is 18.5 Å². The summed E-state index contributed by atoms with van der Waals surface area (Å²) in [4.78, 5) is 21.5. The molecule has 0 aliphatic carbocycles. The van der Waals surface area contributed by atoms with Gasteiger partial charge in [-0.3, -0.25) is 4.79 Å². The summed E-state index contributed by atoms with van der Waals surface area (Å²) in [7, 11) is 5.28. The van der Waals surface area contributed by atoms with Crippen LogP contribution in [0, 0.1) is 0 Å². The topological polar surface area (TPSA) is 69.7 Å². The lowest BCUT2D eigenvalue weighted by molar-refractivity contribution is 0.0921. The first-order valence-electron chi connectivity index (χ1n) is 8.12. The average molecular weight is 356 g/mol. The fraction of sp³-hybridized carbons (Fsp3) is 0.625. The highest BCUT2D eigenvalue weighted by Crippen LogP contribution is 2.26. The molecule has 1 aliphatic rings. The van der Waals surface area contributed by atoms with Crippen molar-refractivity contribution in [1.29, 1.82) is 0 Å². The molecule has 2 N–H and O–H groups in total. The Hall–Kier alpha value is -1.57. The van der Waals surface area contributed by atoms with Crippen LogP contribution in [0.3, 0.4) is 0 Å². The van der Waals surface area contributed by atoms with Crippen molar-refractivity contribution in [3.05, 3.63) is 16.7 Å². The molecule has 1 aromatic heterocycles. The van der Waals surface area contributed by atoms with Gasteiger partial charge in [0.05, 0.1) is 18.2 Å². The third-order valence-corrected chi connectivity index (χ3v) is 4.49. The van der Waals surface area contributed by atoms with Gasteiger partial charge >= 0.3 is 0 Å². The predicted molar refractivity (Wildman–Crippen MR) is 96.2 cm³/mol. The molecule has 1 fully saturated rings. The minimum atomic E-state index is -0.222. The van der Waals surface area contributed by atoms with Gasteiger partial charge in [0.1, 0.15) is 11.4 Å². The highest BCUT2D eigenvalue weighted by atomic mass is 35.5. The minimum absolute atomic E-state index is 0.0393. The summed E-state index contributed by atoms with van der Waals surface area (Å²) >= 11 is 6.16. The Bertz CT molecular complexity index is 584. The monoisotopic (exact) mass is 355 g/mol. The average Bonchev–Trinajstić information content (AvgIpc) is 2.75. The number of nitrogens with one attached hydrogen (secondary N) is 2. The Labute approximate surface area is 148 Å². The fourth-order valence-corrected chi connectivity index (χ4v) is 3.09. The summed E-state index contributed by atoms with van der Waals surface area (Å²) in [6.45, 7) is 6.73. The quantitative estimate of drug-likeness (QED) is 0.825. The number of ether oxygens (including phenoxy) is 1. The van der Waals surface area contributed by atoms with Crippen LogP contribution in [-0.4, -0.2) is 80.7 Å². The van der Waals surface area contributed by atoms with Crippen molar-refractivity contribution in [3.8, 4) is 5.88 Å². The Morgan fingerprint density at radius 2 is 2.21 bits per heavy atom. The van der Waals surface area contributed by atoms with Gasteiger partial charge in [-0.2, -0.15) is 4.98 Å². The van der Waals surface area contributed by atoms with Crippen LogP contribution in [-0.2, 0) is 0 Å². The summed E-state index contributed by atoms with van der Waals surface area (Å²) in [6, 6.07) is 1.63. The van der Waals surface area contributed by atoms with Gasteiger partial charge in [0.15, 0.2) is 0 Å². The molecule has 0 radical (unpaired) electrons. The van der Waals surface area contributed by atoms with Crippen LogP contribution in [0.4, 0.5) is 5.82 Å². The molecule has 0 bridgehead atoms. The number of anilines is 1. The van der Waals surface area contributed by atoms with Gasteiger partial charge < -0.3 is 25.2 Å². The van der Waals surface area contributed by atoms with Gasteiger partial charge in [-0.15, -0.1) is 0 Å². The van der Waals surface area contributed by atoms with Crippen LogP contribution >= 0.6 is 11.6 Å². The second-order valence-electron chi connectivity index (χ2n) is 5.95. The Morgan fingerprint density at radius 3 is 2.83 bits per heavy atom. The molecule has 1 atom stereocenters. The van der Waals surface area contributed by atoms with Crippen molar-refractivity contribution in [1.82, 2.24) is 20.1 Å². The van der Waals surface area contributed by atoms with Crippen LogP contribution in [0.1, 0.15) is 17.3 Å². The molecule has 7 nitrogen and oxygen atoms in total. The summed E-state index contributed by atoms with van der Waals surface area (Å²) in [6.07, 6.45) is 0. The van der Waals surface area contributed by atoms with Crippen molar-refractivity contribution in [2.45, 2.75) is 13.0 Å². The van der Waals surface area contributed by atoms with E-state index in [1.807, 2.05) is 0 Å². The highest BCUT2D eigenvalue weighted by molar-refractivity contribution is 6.33. The van der Waals surface area contributed by atoms with Gasteiger partial charge in [0.2, 0.25) is 5.88 Å². The van der Waals surface area contributed by atoms with E-state index in [4.69, 9.17) is 16.3 Å².